The number of alkyl halides is 6. The number of nitrogens with one attached hydrogen (secondary N) is 1. The Hall–Kier alpha value is -3.75. The molecule has 1 atom stereocenters. The summed E-state index contributed by atoms with van der Waals surface area (Å²) in [5.41, 5.74) is -3.46. The van der Waals surface area contributed by atoms with Crippen LogP contribution in [-0.2, 0) is 12.4 Å². The van der Waals surface area contributed by atoms with Gasteiger partial charge in [0.05, 0.1) is 22.8 Å². The maximum absolute atomic E-state index is 13.2. The van der Waals surface area contributed by atoms with Crippen LogP contribution in [-0.4, -0.2) is 47.9 Å². The van der Waals surface area contributed by atoms with Crippen molar-refractivity contribution >= 4 is 17.6 Å². The topological polar surface area (TPSA) is 76.4 Å². The second-order valence-electron chi connectivity index (χ2n) is 9.42. The zero-order valence-corrected chi connectivity index (χ0v) is 19.4. The van der Waals surface area contributed by atoms with Gasteiger partial charge in [0.2, 0.25) is 0 Å². The molecular formula is C25H22F6N4O2. The molecule has 2 aromatic rings. The standard InChI is InChI=1S/C25H22F6N4O2/c26-24(27,28)18-10-17(11-19(12-18)25(29,30)31)21(36)34-7-2-5-23(14-34)6-8-35(15-23)22(37)33-20-4-1-3-16(9-20)13-32/h1,3-4,9-12H,2,5-8,14-15H2,(H,33,37)/t23-/m1/s1. The van der Waals surface area contributed by atoms with Crippen molar-refractivity contribution in [3.8, 4) is 6.07 Å². The molecule has 0 saturated carbocycles. The molecule has 0 unspecified atom stereocenters. The van der Waals surface area contributed by atoms with Crippen molar-refractivity contribution in [3.63, 3.8) is 0 Å². The summed E-state index contributed by atoms with van der Waals surface area (Å²) in [4.78, 5) is 28.7. The molecule has 0 bridgehead atoms. The number of hydrogen-bond donors (Lipinski definition) is 1. The minimum absolute atomic E-state index is 0.00571. The van der Waals surface area contributed by atoms with Gasteiger partial charge in [0.1, 0.15) is 0 Å². The maximum Gasteiger partial charge on any atom is 0.416 e. The van der Waals surface area contributed by atoms with E-state index in [2.05, 4.69) is 5.32 Å². The number of urea groups is 1. The first-order valence-corrected chi connectivity index (χ1v) is 11.4. The number of benzene rings is 2. The average Bonchev–Trinajstić information content (AvgIpc) is 3.25. The molecule has 196 valence electrons. The summed E-state index contributed by atoms with van der Waals surface area (Å²) in [5, 5.41) is 11.7. The van der Waals surface area contributed by atoms with Gasteiger partial charge < -0.3 is 15.1 Å². The Kier molecular flexibility index (Phi) is 6.83. The number of carbonyl (C=O) groups is 2. The summed E-state index contributed by atoms with van der Waals surface area (Å²) in [6.45, 7) is 0.937. The van der Waals surface area contributed by atoms with Crippen LogP contribution in [0, 0.1) is 16.7 Å². The van der Waals surface area contributed by atoms with Crippen molar-refractivity contribution in [2.45, 2.75) is 31.6 Å². The number of amides is 3. The normalized spacial score (nSPS) is 20.1. The fourth-order valence-electron chi connectivity index (χ4n) is 4.95. The molecule has 3 amide bonds. The molecule has 2 aliphatic heterocycles. The van der Waals surface area contributed by atoms with Gasteiger partial charge in [-0.2, -0.15) is 31.6 Å². The number of anilines is 1. The van der Waals surface area contributed by atoms with Crippen LogP contribution in [0.2, 0.25) is 0 Å². The monoisotopic (exact) mass is 524 g/mol. The Morgan fingerprint density at radius 3 is 2.16 bits per heavy atom. The van der Waals surface area contributed by atoms with Crippen molar-refractivity contribution in [3.05, 3.63) is 64.7 Å². The molecule has 6 nitrogen and oxygen atoms in total. The van der Waals surface area contributed by atoms with Crippen molar-refractivity contribution in [2.75, 3.05) is 31.5 Å². The summed E-state index contributed by atoms with van der Waals surface area (Å²) in [7, 11) is 0. The minimum atomic E-state index is -5.05. The highest BCUT2D eigenvalue weighted by Crippen LogP contribution is 2.41. The van der Waals surface area contributed by atoms with E-state index in [9.17, 15) is 35.9 Å². The predicted molar refractivity (Wildman–Crippen MR) is 120 cm³/mol. The van der Waals surface area contributed by atoms with Crippen LogP contribution >= 0.6 is 0 Å². The highest BCUT2D eigenvalue weighted by molar-refractivity contribution is 5.95. The third-order valence-electron chi connectivity index (χ3n) is 6.75. The van der Waals surface area contributed by atoms with E-state index >= 15 is 0 Å². The molecular weight excluding hydrogens is 502 g/mol. The van der Waals surface area contributed by atoms with Gasteiger partial charge in [0.15, 0.2) is 0 Å². The van der Waals surface area contributed by atoms with E-state index in [1.807, 2.05) is 6.07 Å². The zero-order valence-electron chi connectivity index (χ0n) is 19.4. The first kappa shape index (κ1) is 26.3. The summed E-state index contributed by atoms with van der Waals surface area (Å²) < 4.78 is 79.5. The summed E-state index contributed by atoms with van der Waals surface area (Å²) in [6.07, 6.45) is -8.42. The zero-order chi connectivity index (χ0) is 27.0. The molecule has 0 aliphatic carbocycles. The molecule has 0 aromatic heterocycles. The molecule has 1 spiro atoms. The SMILES string of the molecule is N#Cc1cccc(NC(=O)N2CC[C@@]3(CCCN(C(=O)c4cc(C(F)(F)F)cc(C(F)(F)F)c4)C3)C2)c1. The fourth-order valence-corrected chi connectivity index (χ4v) is 4.95. The molecule has 2 aliphatic rings. The van der Waals surface area contributed by atoms with E-state index in [1.165, 1.54) is 11.0 Å². The summed E-state index contributed by atoms with van der Waals surface area (Å²) in [5.74, 6) is -0.910. The van der Waals surface area contributed by atoms with Gasteiger partial charge >= 0.3 is 18.4 Å². The highest BCUT2D eigenvalue weighted by Gasteiger charge is 2.44. The Morgan fingerprint density at radius 1 is 0.892 bits per heavy atom. The molecule has 37 heavy (non-hydrogen) atoms. The molecule has 2 aromatic carbocycles. The van der Waals surface area contributed by atoms with Gasteiger partial charge in [-0.25, -0.2) is 4.79 Å². The Labute approximate surface area is 208 Å². The fraction of sp³-hybridized carbons (Fsp3) is 0.400. The molecule has 1 N–H and O–H groups in total. The second kappa shape index (κ2) is 9.61. The Morgan fingerprint density at radius 2 is 1.54 bits per heavy atom. The number of hydrogen-bond acceptors (Lipinski definition) is 3. The number of nitriles is 1. The van der Waals surface area contributed by atoms with Gasteiger partial charge in [-0.15, -0.1) is 0 Å². The number of rotatable bonds is 2. The third-order valence-corrected chi connectivity index (χ3v) is 6.75. The van der Waals surface area contributed by atoms with E-state index in [0.29, 0.717) is 49.2 Å². The number of nitrogens with zero attached hydrogens (tertiary/aromatic N) is 3. The van der Waals surface area contributed by atoms with Gasteiger partial charge in [-0.3, -0.25) is 4.79 Å². The number of carbonyl (C=O) groups excluding carboxylic acids is 2. The number of halogens is 6. The molecule has 2 heterocycles. The first-order valence-electron chi connectivity index (χ1n) is 11.4. The van der Waals surface area contributed by atoms with Crippen molar-refractivity contribution < 1.29 is 35.9 Å². The molecule has 12 heteroatoms. The Bertz CT molecular complexity index is 1220. The minimum Gasteiger partial charge on any atom is -0.338 e. The van der Waals surface area contributed by atoms with Crippen molar-refractivity contribution in [1.82, 2.24) is 9.80 Å². The van der Waals surface area contributed by atoms with Gasteiger partial charge in [-0.1, -0.05) is 6.07 Å². The second-order valence-corrected chi connectivity index (χ2v) is 9.42. The van der Waals surface area contributed by atoms with Gasteiger partial charge in [0, 0.05) is 42.8 Å². The number of piperidine rings is 1. The molecule has 2 saturated heterocycles. The Balaban J connectivity index is 1.49. The summed E-state index contributed by atoms with van der Waals surface area (Å²) >= 11 is 0. The van der Waals surface area contributed by atoms with Gasteiger partial charge in [0.25, 0.3) is 5.91 Å². The molecule has 2 fully saturated rings. The smallest absolute Gasteiger partial charge is 0.338 e. The van der Waals surface area contributed by atoms with E-state index in [4.69, 9.17) is 5.26 Å². The van der Waals surface area contributed by atoms with Crippen LogP contribution in [0.5, 0.6) is 0 Å². The lowest BCUT2D eigenvalue weighted by Gasteiger charge is -2.40. The average molecular weight is 524 g/mol. The predicted octanol–water partition coefficient (Wildman–Crippen LogP) is 5.76. The first-order chi connectivity index (χ1) is 17.3. The lowest BCUT2D eigenvalue weighted by Crippen LogP contribution is -2.48. The van der Waals surface area contributed by atoms with Crippen LogP contribution in [0.4, 0.5) is 36.8 Å². The van der Waals surface area contributed by atoms with Gasteiger partial charge in [-0.05, 0) is 55.7 Å². The molecule has 4 rings (SSSR count). The quantitative estimate of drug-likeness (QED) is 0.508. The molecule has 0 radical (unpaired) electrons. The van der Waals surface area contributed by atoms with Crippen LogP contribution < -0.4 is 5.32 Å². The van der Waals surface area contributed by atoms with E-state index in [-0.39, 0.29) is 25.7 Å². The van der Waals surface area contributed by atoms with Crippen molar-refractivity contribution in [1.29, 1.82) is 5.26 Å². The largest absolute Gasteiger partial charge is 0.416 e. The lowest BCUT2D eigenvalue weighted by molar-refractivity contribution is -0.143. The van der Waals surface area contributed by atoms with E-state index in [0.717, 1.165) is 0 Å². The van der Waals surface area contributed by atoms with E-state index in [1.54, 1.807) is 23.1 Å². The van der Waals surface area contributed by atoms with E-state index < -0.39 is 46.4 Å². The highest BCUT2D eigenvalue weighted by atomic mass is 19.4. The maximum atomic E-state index is 13.2. The summed E-state index contributed by atoms with van der Waals surface area (Å²) in [6, 6.07) is 8.85. The lowest BCUT2D eigenvalue weighted by atomic mass is 9.79. The number of likely N-dealkylation sites (tertiary alicyclic amines) is 2. The third kappa shape index (κ3) is 5.81. The van der Waals surface area contributed by atoms with Crippen LogP contribution in [0.3, 0.4) is 0 Å². The van der Waals surface area contributed by atoms with Crippen molar-refractivity contribution in [2.24, 2.45) is 5.41 Å². The van der Waals surface area contributed by atoms with Crippen LogP contribution in [0.25, 0.3) is 0 Å². The van der Waals surface area contributed by atoms with Crippen LogP contribution in [0.15, 0.2) is 42.5 Å². The van der Waals surface area contributed by atoms with Crippen LogP contribution in [0.1, 0.15) is 46.3 Å².